The molecule has 0 saturated carbocycles. The van der Waals surface area contributed by atoms with Gasteiger partial charge in [-0.2, -0.15) is 0 Å². The van der Waals surface area contributed by atoms with Gasteiger partial charge in [-0.25, -0.2) is 4.99 Å². The number of aliphatic imine (C=N–C) groups is 1. The standard InChI is InChI=1S/C27H36N6O/c1-4-6-27(34)31-24-9-7-22(8-10-24)26(28)15-16-29-21(3)30-23-11-13-25(14-12-23)33-19-17-32(5-2)18-20-33/h7-16,30H,3-6,17-20,28H2,1-2H3,(H,31,34)/b26-15-,29-16-. The quantitative estimate of drug-likeness (QED) is 0.454. The number of amides is 1. The maximum absolute atomic E-state index is 11.7. The summed E-state index contributed by atoms with van der Waals surface area (Å²) in [5.74, 6) is 0.545. The first-order chi connectivity index (χ1) is 16.5. The largest absolute Gasteiger partial charge is 0.398 e. The highest BCUT2D eigenvalue weighted by molar-refractivity contribution is 5.91. The minimum absolute atomic E-state index is 0.0151. The zero-order chi connectivity index (χ0) is 24.3. The molecule has 0 unspecified atom stereocenters. The molecule has 0 radical (unpaired) electrons. The van der Waals surface area contributed by atoms with Crippen molar-refractivity contribution in [3.05, 3.63) is 72.6 Å². The van der Waals surface area contributed by atoms with Gasteiger partial charge in [0.15, 0.2) is 0 Å². The number of piperazine rings is 1. The van der Waals surface area contributed by atoms with Gasteiger partial charge in [0.05, 0.1) is 0 Å². The van der Waals surface area contributed by atoms with Crippen molar-refractivity contribution in [2.45, 2.75) is 26.7 Å². The Kier molecular flexibility index (Phi) is 9.29. The van der Waals surface area contributed by atoms with Crippen LogP contribution < -0.4 is 21.3 Å². The molecule has 0 spiro atoms. The predicted octanol–water partition coefficient (Wildman–Crippen LogP) is 4.52. The maximum atomic E-state index is 11.7. The molecule has 1 heterocycles. The molecule has 2 aromatic rings. The van der Waals surface area contributed by atoms with E-state index in [-0.39, 0.29) is 5.91 Å². The number of carbonyl (C=O) groups excluding carboxylic acids is 1. The van der Waals surface area contributed by atoms with Crippen molar-refractivity contribution in [2.24, 2.45) is 10.7 Å². The third-order valence-corrected chi connectivity index (χ3v) is 5.80. The molecule has 0 aliphatic carbocycles. The van der Waals surface area contributed by atoms with Crippen LogP contribution in [0.2, 0.25) is 0 Å². The zero-order valence-corrected chi connectivity index (χ0v) is 20.3. The van der Waals surface area contributed by atoms with E-state index in [0.717, 1.165) is 56.1 Å². The second kappa shape index (κ2) is 12.6. The Morgan fingerprint density at radius 1 is 1.00 bits per heavy atom. The first-order valence-electron chi connectivity index (χ1n) is 11.9. The second-order valence-corrected chi connectivity index (χ2v) is 8.32. The highest BCUT2D eigenvalue weighted by atomic mass is 16.1. The van der Waals surface area contributed by atoms with Crippen molar-refractivity contribution in [2.75, 3.05) is 48.3 Å². The fourth-order valence-electron chi connectivity index (χ4n) is 3.78. The van der Waals surface area contributed by atoms with Crippen molar-refractivity contribution in [3.8, 4) is 0 Å². The number of rotatable bonds is 10. The average Bonchev–Trinajstić information content (AvgIpc) is 2.85. The number of nitrogens with one attached hydrogen (secondary N) is 2. The molecule has 7 nitrogen and oxygen atoms in total. The van der Waals surface area contributed by atoms with Crippen LogP contribution >= 0.6 is 0 Å². The SMILES string of the molecule is C=C(/N=C\C=C(/N)c1ccc(NC(=O)CCC)cc1)Nc1ccc(N2CCN(CC)CC2)cc1. The van der Waals surface area contributed by atoms with Gasteiger partial charge in [-0.1, -0.05) is 32.6 Å². The molecule has 1 amide bonds. The fraction of sp³-hybridized carbons (Fsp3) is 0.333. The Bertz CT molecular complexity index is 1000. The number of nitrogens with two attached hydrogens (primary N) is 1. The monoisotopic (exact) mass is 460 g/mol. The van der Waals surface area contributed by atoms with Gasteiger partial charge in [-0.05, 0) is 61.0 Å². The number of allylic oxidation sites excluding steroid dienone is 1. The topological polar surface area (TPSA) is 86.0 Å². The van der Waals surface area contributed by atoms with E-state index < -0.39 is 0 Å². The molecule has 7 heteroatoms. The predicted molar refractivity (Wildman–Crippen MR) is 144 cm³/mol. The van der Waals surface area contributed by atoms with Gasteiger partial charge < -0.3 is 26.2 Å². The number of hydrogen-bond donors (Lipinski definition) is 3. The molecule has 1 saturated heterocycles. The van der Waals surface area contributed by atoms with E-state index in [9.17, 15) is 4.79 Å². The third-order valence-electron chi connectivity index (χ3n) is 5.80. The second-order valence-electron chi connectivity index (χ2n) is 8.32. The summed E-state index contributed by atoms with van der Waals surface area (Å²) in [5.41, 5.74) is 10.5. The summed E-state index contributed by atoms with van der Waals surface area (Å²) in [6, 6.07) is 15.8. The summed E-state index contributed by atoms with van der Waals surface area (Å²) >= 11 is 0. The molecule has 2 aromatic carbocycles. The first-order valence-corrected chi connectivity index (χ1v) is 11.9. The molecule has 34 heavy (non-hydrogen) atoms. The Morgan fingerprint density at radius 3 is 2.24 bits per heavy atom. The van der Waals surface area contributed by atoms with Crippen LogP contribution in [0.25, 0.3) is 5.70 Å². The molecule has 1 fully saturated rings. The van der Waals surface area contributed by atoms with E-state index in [1.165, 1.54) is 5.69 Å². The summed E-state index contributed by atoms with van der Waals surface area (Å²) < 4.78 is 0. The molecule has 180 valence electrons. The van der Waals surface area contributed by atoms with E-state index in [1.54, 1.807) is 12.3 Å². The Morgan fingerprint density at radius 2 is 1.62 bits per heavy atom. The van der Waals surface area contributed by atoms with E-state index >= 15 is 0 Å². The highest BCUT2D eigenvalue weighted by Crippen LogP contribution is 2.20. The molecule has 0 aromatic heterocycles. The van der Waals surface area contributed by atoms with Gasteiger partial charge in [-0.15, -0.1) is 0 Å². The molecule has 3 rings (SSSR count). The van der Waals surface area contributed by atoms with Crippen LogP contribution in [0.15, 0.2) is 72.0 Å². The average molecular weight is 461 g/mol. The molecule has 0 bridgehead atoms. The highest BCUT2D eigenvalue weighted by Gasteiger charge is 2.15. The lowest BCUT2D eigenvalue weighted by molar-refractivity contribution is -0.116. The smallest absolute Gasteiger partial charge is 0.224 e. The van der Waals surface area contributed by atoms with Crippen LogP contribution in [-0.2, 0) is 4.79 Å². The third kappa shape index (κ3) is 7.49. The van der Waals surface area contributed by atoms with E-state index in [1.807, 2.05) is 43.3 Å². The molecular formula is C27H36N6O. The Hall–Kier alpha value is -3.58. The number of nitrogens with zero attached hydrogens (tertiary/aromatic N) is 3. The molecular weight excluding hydrogens is 424 g/mol. The Labute approximate surface area is 203 Å². The van der Waals surface area contributed by atoms with Crippen molar-refractivity contribution in [3.63, 3.8) is 0 Å². The fourth-order valence-corrected chi connectivity index (χ4v) is 3.78. The van der Waals surface area contributed by atoms with Crippen LogP contribution in [0, 0.1) is 0 Å². The number of likely N-dealkylation sites (N-methyl/N-ethyl adjacent to an activating group) is 1. The van der Waals surface area contributed by atoms with Crippen molar-refractivity contribution >= 4 is 34.9 Å². The van der Waals surface area contributed by atoms with E-state index in [0.29, 0.717) is 17.9 Å². The van der Waals surface area contributed by atoms with Crippen LogP contribution in [0.1, 0.15) is 32.3 Å². The lowest BCUT2D eigenvalue weighted by Gasteiger charge is -2.35. The van der Waals surface area contributed by atoms with E-state index in [2.05, 4.69) is 51.1 Å². The summed E-state index contributed by atoms with van der Waals surface area (Å²) in [6.07, 6.45) is 4.69. The normalized spacial score (nSPS) is 14.9. The Balaban J connectivity index is 1.49. The van der Waals surface area contributed by atoms with Crippen molar-refractivity contribution < 1.29 is 4.79 Å². The van der Waals surface area contributed by atoms with Gasteiger partial charge in [0.1, 0.15) is 5.82 Å². The lowest BCUT2D eigenvalue weighted by Crippen LogP contribution is -2.46. The summed E-state index contributed by atoms with van der Waals surface area (Å²) in [5, 5.41) is 6.07. The summed E-state index contributed by atoms with van der Waals surface area (Å²) in [7, 11) is 0. The number of carbonyl (C=O) groups is 1. The van der Waals surface area contributed by atoms with Crippen molar-refractivity contribution in [1.82, 2.24) is 4.90 Å². The van der Waals surface area contributed by atoms with Crippen LogP contribution in [-0.4, -0.2) is 49.7 Å². The van der Waals surface area contributed by atoms with Crippen LogP contribution in [0.4, 0.5) is 17.1 Å². The summed E-state index contributed by atoms with van der Waals surface area (Å²) in [4.78, 5) is 20.9. The lowest BCUT2D eigenvalue weighted by atomic mass is 10.1. The first kappa shape index (κ1) is 25.1. The minimum Gasteiger partial charge on any atom is -0.398 e. The molecule has 1 aliphatic rings. The van der Waals surface area contributed by atoms with Crippen LogP contribution in [0.3, 0.4) is 0 Å². The maximum Gasteiger partial charge on any atom is 0.224 e. The number of anilines is 3. The summed E-state index contributed by atoms with van der Waals surface area (Å²) in [6.45, 7) is 13.6. The van der Waals surface area contributed by atoms with Gasteiger partial charge in [0, 0.05) is 61.6 Å². The zero-order valence-electron chi connectivity index (χ0n) is 20.3. The van der Waals surface area contributed by atoms with Gasteiger partial charge >= 0.3 is 0 Å². The number of benzene rings is 2. The van der Waals surface area contributed by atoms with Gasteiger partial charge in [-0.3, -0.25) is 4.79 Å². The molecule has 4 N–H and O–H groups in total. The van der Waals surface area contributed by atoms with Gasteiger partial charge in [0.2, 0.25) is 5.91 Å². The minimum atomic E-state index is 0.0151. The molecule has 0 atom stereocenters. The van der Waals surface area contributed by atoms with Crippen molar-refractivity contribution in [1.29, 1.82) is 0 Å². The van der Waals surface area contributed by atoms with Gasteiger partial charge in [0.25, 0.3) is 0 Å². The number of hydrogen-bond acceptors (Lipinski definition) is 6. The van der Waals surface area contributed by atoms with E-state index in [4.69, 9.17) is 5.73 Å². The van der Waals surface area contributed by atoms with Crippen LogP contribution in [0.5, 0.6) is 0 Å². The molecule has 1 aliphatic heterocycles.